The van der Waals surface area contributed by atoms with Crippen LogP contribution in [0.15, 0.2) is 12.4 Å². The first-order valence-electron chi connectivity index (χ1n) is 19.3. The summed E-state index contributed by atoms with van der Waals surface area (Å²) in [6.45, 7) is 9.41. The molecule has 2 nitrogen and oxygen atoms in total. The van der Waals surface area contributed by atoms with Gasteiger partial charge in [-0.1, -0.05) is 188 Å². The van der Waals surface area contributed by atoms with Crippen molar-refractivity contribution in [1.82, 2.24) is 4.98 Å². The van der Waals surface area contributed by atoms with Crippen molar-refractivity contribution in [1.29, 1.82) is 0 Å². The number of rotatable bonds is 32. The van der Waals surface area contributed by atoms with E-state index in [0.29, 0.717) is 12.0 Å². The van der Waals surface area contributed by atoms with Crippen LogP contribution in [0.3, 0.4) is 0 Å². The maximum atomic E-state index is 3.74. The summed E-state index contributed by atoms with van der Waals surface area (Å²) < 4.78 is 2.63. The van der Waals surface area contributed by atoms with Gasteiger partial charge in [0, 0.05) is 0 Å². The summed E-state index contributed by atoms with van der Waals surface area (Å²) in [5.41, 5.74) is 0. The number of nitrogens with zero attached hydrogens (tertiary/aromatic N) is 1. The maximum absolute atomic E-state index is 3.74. The van der Waals surface area contributed by atoms with Gasteiger partial charge in [-0.2, -0.15) is 0 Å². The van der Waals surface area contributed by atoms with Gasteiger partial charge in [0.05, 0.1) is 12.0 Å². The monoisotopic (exact) mass is 574 g/mol. The molecule has 0 bridgehead atoms. The molecule has 0 amide bonds. The summed E-state index contributed by atoms with van der Waals surface area (Å²) in [6, 6.07) is 0.620. The molecule has 1 rings (SSSR count). The lowest BCUT2D eigenvalue weighted by atomic mass is 9.92. The Morgan fingerprint density at radius 2 is 0.780 bits per heavy atom. The summed E-state index contributed by atoms with van der Waals surface area (Å²) in [5.74, 6) is 2.25. The summed E-state index contributed by atoms with van der Waals surface area (Å²) >= 11 is 0. The molecule has 0 aliphatic carbocycles. The standard InChI is InChI=1S/C39H76N2/c1-5-8-11-14-17-20-21-22-25-28-31-34-38(33-30-27-24-19-16-13-10-7-3)39-40-35-36-41(39)37(4)32-29-26-23-18-15-12-9-6-2/h35-38H,5-34H2,1-4H3/p+1. The van der Waals surface area contributed by atoms with Crippen molar-refractivity contribution in [3.63, 3.8) is 0 Å². The van der Waals surface area contributed by atoms with Crippen LogP contribution >= 0.6 is 0 Å². The van der Waals surface area contributed by atoms with E-state index < -0.39 is 0 Å². The smallest absolute Gasteiger partial charge is 0.247 e. The van der Waals surface area contributed by atoms with Gasteiger partial charge in [0.15, 0.2) is 0 Å². The highest BCUT2D eigenvalue weighted by Crippen LogP contribution is 2.27. The molecule has 0 saturated heterocycles. The SMILES string of the molecule is CCCCCCCCCCCCCC(CCCCCCCCCC)c1[nH]cc[n+]1C(C)CCCCCCCCCC. The molecule has 1 N–H and O–H groups in total. The minimum atomic E-state index is 0.620. The molecule has 2 atom stereocenters. The summed E-state index contributed by atoms with van der Waals surface area (Å²) in [5, 5.41) is 0. The van der Waals surface area contributed by atoms with Crippen LogP contribution in [-0.4, -0.2) is 4.98 Å². The van der Waals surface area contributed by atoms with Crippen LogP contribution in [0, 0.1) is 0 Å². The van der Waals surface area contributed by atoms with Gasteiger partial charge in [0.1, 0.15) is 12.4 Å². The van der Waals surface area contributed by atoms with Gasteiger partial charge in [-0.05, 0) is 32.6 Å². The molecule has 0 spiro atoms. The Labute approximate surface area is 259 Å². The van der Waals surface area contributed by atoms with Crippen LogP contribution in [0.4, 0.5) is 0 Å². The van der Waals surface area contributed by atoms with E-state index in [1.54, 1.807) is 0 Å². The Bertz CT molecular complexity index is 635. The number of unbranched alkanes of at least 4 members (excludes halogenated alkanes) is 24. The fraction of sp³-hybridized carbons (Fsp3) is 0.923. The van der Waals surface area contributed by atoms with Gasteiger partial charge in [0.25, 0.3) is 5.82 Å². The van der Waals surface area contributed by atoms with Crippen molar-refractivity contribution in [3.05, 3.63) is 18.2 Å². The molecular formula is C39H77N2+. The van der Waals surface area contributed by atoms with E-state index in [1.165, 1.54) is 198 Å². The molecule has 242 valence electrons. The molecule has 0 radical (unpaired) electrons. The summed E-state index contributed by atoms with van der Waals surface area (Å²) in [6.07, 6.45) is 47.2. The highest BCUT2D eigenvalue weighted by molar-refractivity contribution is 4.90. The largest absolute Gasteiger partial charge is 0.257 e. The highest BCUT2D eigenvalue weighted by atomic mass is 15.1. The third kappa shape index (κ3) is 21.5. The van der Waals surface area contributed by atoms with Crippen LogP contribution in [0.2, 0.25) is 0 Å². The lowest BCUT2D eigenvalue weighted by Crippen LogP contribution is -2.41. The van der Waals surface area contributed by atoms with Crippen molar-refractivity contribution in [3.8, 4) is 0 Å². The Morgan fingerprint density at radius 3 is 1.15 bits per heavy atom. The lowest BCUT2D eigenvalue weighted by Gasteiger charge is -2.17. The van der Waals surface area contributed by atoms with Crippen molar-refractivity contribution in [2.75, 3.05) is 0 Å². The first-order chi connectivity index (χ1) is 20.2. The number of aromatic nitrogens is 2. The number of nitrogens with one attached hydrogen (secondary N) is 1. The minimum Gasteiger partial charge on any atom is -0.247 e. The lowest BCUT2D eigenvalue weighted by molar-refractivity contribution is -0.727. The molecule has 0 saturated carbocycles. The molecule has 0 aliphatic heterocycles. The number of aromatic amines is 1. The van der Waals surface area contributed by atoms with Gasteiger partial charge in [-0.3, -0.25) is 0 Å². The average molecular weight is 574 g/mol. The van der Waals surface area contributed by atoms with Crippen molar-refractivity contribution in [2.24, 2.45) is 0 Å². The molecule has 0 aromatic carbocycles. The maximum Gasteiger partial charge on any atom is 0.257 e. The van der Waals surface area contributed by atoms with Crippen LogP contribution in [-0.2, 0) is 0 Å². The number of H-pyrrole nitrogens is 1. The Hall–Kier alpha value is -0.790. The average Bonchev–Trinajstić information content (AvgIpc) is 3.47. The van der Waals surface area contributed by atoms with Gasteiger partial charge in [0.2, 0.25) is 0 Å². The van der Waals surface area contributed by atoms with E-state index in [0.717, 1.165) is 0 Å². The molecule has 0 fully saturated rings. The molecular weight excluding hydrogens is 496 g/mol. The number of hydrogen-bond acceptors (Lipinski definition) is 0. The normalized spacial score (nSPS) is 13.2. The van der Waals surface area contributed by atoms with E-state index in [9.17, 15) is 0 Å². The van der Waals surface area contributed by atoms with E-state index in [-0.39, 0.29) is 0 Å². The minimum absolute atomic E-state index is 0.620. The topological polar surface area (TPSA) is 19.7 Å². The Morgan fingerprint density at radius 1 is 0.463 bits per heavy atom. The number of hydrogen-bond donors (Lipinski definition) is 1. The zero-order valence-electron chi connectivity index (χ0n) is 29.0. The zero-order valence-corrected chi connectivity index (χ0v) is 29.0. The molecule has 0 aliphatic rings. The quantitative estimate of drug-likeness (QED) is 0.0653. The second-order valence-electron chi connectivity index (χ2n) is 13.6. The Kier molecular flexibility index (Phi) is 27.3. The summed E-state index contributed by atoms with van der Waals surface area (Å²) in [7, 11) is 0. The first-order valence-corrected chi connectivity index (χ1v) is 19.3. The number of imidazole rings is 1. The fourth-order valence-corrected chi connectivity index (χ4v) is 6.78. The molecule has 2 heteroatoms. The van der Waals surface area contributed by atoms with Crippen LogP contribution in [0.25, 0.3) is 0 Å². The van der Waals surface area contributed by atoms with E-state index in [1.807, 2.05) is 0 Å². The molecule has 1 aromatic rings. The third-order valence-electron chi connectivity index (χ3n) is 9.64. The van der Waals surface area contributed by atoms with E-state index in [4.69, 9.17) is 0 Å². The van der Waals surface area contributed by atoms with Gasteiger partial charge < -0.3 is 0 Å². The van der Waals surface area contributed by atoms with Crippen molar-refractivity contribution in [2.45, 2.75) is 232 Å². The van der Waals surface area contributed by atoms with Gasteiger partial charge in [-0.15, -0.1) is 0 Å². The van der Waals surface area contributed by atoms with Crippen LogP contribution < -0.4 is 4.57 Å². The molecule has 2 unspecified atom stereocenters. The van der Waals surface area contributed by atoms with Crippen molar-refractivity contribution >= 4 is 0 Å². The first kappa shape index (κ1) is 38.2. The summed E-state index contributed by atoms with van der Waals surface area (Å²) in [4.78, 5) is 3.74. The van der Waals surface area contributed by atoms with E-state index >= 15 is 0 Å². The zero-order chi connectivity index (χ0) is 29.6. The molecule has 41 heavy (non-hydrogen) atoms. The van der Waals surface area contributed by atoms with Gasteiger partial charge in [-0.25, -0.2) is 9.55 Å². The highest BCUT2D eigenvalue weighted by Gasteiger charge is 2.25. The van der Waals surface area contributed by atoms with Crippen LogP contribution in [0.1, 0.15) is 238 Å². The fourth-order valence-electron chi connectivity index (χ4n) is 6.78. The Balaban J connectivity index is 2.44. The second kappa shape index (κ2) is 29.3. The molecule has 1 aromatic heterocycles. The predicted octanol–water partition coefficient (Wildman–Crippen LogP) is 13.7. The predicted molar refractivity (Wildman–Crippen MR) is 184 cm³/mol. The molecule has 1 heterocycles. The van der Waals surface area contributed by atoms with E-state index in [2.05, 4.69) is 49.6 Å². The third-order valence-corrected chi connectivity index (χ3v) is 9.64. The van der Waals surface area contributed by atoms with Crippen molar-refractivity contribution < 1.29 is 4.57 Å². The second-order valence-corrected chi connectivity index (χ2v) is 13.6. The van der Waals surface area contributed by atoms with Gasteiger partial charge >= 0.3 is 0 Å². The van der Waals surface area contributed by atoms with Crippen LogP contribution in [0.5, 0.6) is 0 Å².